The highest BCUT2D eigenvalue weighted by Gasteiger charge is 2.41. The fourth-order valence-corrected chi connectivity index (χ4v) is 5.35. The Balaban J connectivity index is 1.39. The molecule has 0 spiro atoms. The van der Waals surface area contributed by atoms with Gasteiger partial charge in [-0.15, -0.1) is 5.92 Å². The SMILES string of the molecule is CC#CCOC(=O)N1CC2CCC(C1)N2CCCC(Oc1ccc(OC)c(OC)c1)c1ccc(C#N)cc1. The van der Waals surface area contributed by atoms with Crippen molar-refractivity contribution in [2.24, 2.45) is 0 Å². The van der Waals surface area contributed by atoms with Crippen LogP contribution in [0.5, 0.6) is 17.2 Å². The molecule has 200 valence electrons. The van der Waals surface area contributed by atoms with Crippen LogP contribution in [0.2, 0.25) is 0 Å². The van der Waals surface area contributed by atoms with Crippen LogP contribution in [0, 0.1) is 23.2 Å². The molecule has 3 atom stereocenters. The van der Waals surface area contributed by atoms with Crippen molar-refractivity contribution >= 4 is 6.09 Å². The number of hydrogen-bond acceptors (Lipinski definition) is 7. The number of amides is 1. The molecule has 1 amide bonds. The molecular formula is C30H35N3O5. The number of carbonyl (C=O) groups is 1. The van der Waals surface area contributed by atoms with Crippen LogP contribution in [0.3, 0.4) is 0 Å². The van der Waals surface area contributed by atoms with Crippen LogP contribution < -0.4 is 14.2 Å². The van der Waals surface area contributed by atoms with Gasteiger partial charge in [-0.2, -0.15) is 5.26 Å². The van der Waals surface area contributed by atoms with Gasteiger partial charge in [0.2, 0.25) is 0 Å². The van der Waals surface area contributed by atoms with Crippen LogP contribution in [0.15, 0.2) is 42.5 Å². The summed E-state index contributed by atoms with van der Waals surface area (Å²) in [4.78, 5) is 16.8. The number of rotatable bonds is 10. The van der Waals surface area contributed by atoms with Gasteiger partial charge in [-0.05, 0) is 69.0 Å². The molecule has 0 N–H and O–H groups in total. The first kappa shape index (κ1) is 27.2. The van der Waals surface area contributed by atoms with Gasteiger partial charge in [-0.25, -0.2) is 4.79 Å². The third-order valence-corrected chi connectivity index (χ3v) is 7.26. The highest BCUT2D eigenvalue weighted by molar-refractivity contribution is 5.68. The Morgan fingerprint density at radius 3 is 2.39 bits per heavy atom. The van der Waals surface area contributed by atoms with Gasteiger partial charge in [0.1, 0.15) is 11.9 Å². The number of fused-ring (bicyclic) bond motifs is 2. The highest BCUT2D eigenvalue weighted by atomic mass is 16.6. The highest BCUT2D eigenvalue weighted by Crippen LogP contribution is 2.35. The van der Waals surface area contributed by atoms with E-state index in [1.54, 1.807) is 21.1 Å². The standard InChI is InChI=1S/C30H35N3O5/c1-4-5-17-37-30(34)32-20-24-12-13-25(21-32)33(24)16-6-7-27(23-10-8-22(19-31)9-11-23)38-26-14-15-28(35-2)29(18-26)36-3/h8-11,14-15,18,24-25,27H,6-7,12-13,16-17,20-21H2,1-3H3. The first-order chi connectivity index (χ1) is 18.6. The molecule has 2 saturated heterocycles. The molecule has 3 unspecified atom stereocenters. The molecule has 0 aliphatic carbocycles. The summed E-state index contributed by atoms with van der Waals surface area (Å²) < 4.78 is 22.5. The van der Waals surface area contributed by atoms with Crippen LogP contribution in [0.4, 0.5) is 4.79 Å². The van der Waals surface area contributed by atoms with E-state index in [1.807, 2.05) is 47.4 Å². The van der Waals surface area contributed by atoms with Gasteiger partial charge >= 0.3 is 6.09 Å². The summed E-state index contributed by atoms with van der Waals surface area (Å²) in [6, 6.07) is 16.0. The van der Waals surface area contributed by atoms with Crippen molar-refractivity contribution in [2.75, 3.05) is 40.5 Å². The van der Waals surface area contributed by atoms with E-state index in [9.17, 15) is 10.1 Å². The molecule has 4 rings (SSSR count). The van der Waals surface area contributed by atoms with Crippen LogP contribution >= 0.6 is 0 Å². The number of piperazine rings is 1. The van der Waals surface area contributed by atoms with Gasteiger partial charge < -0.3 is 23.8 Å². The van der Waals surface area contributed by atoms with E-state index in [1.165, 1.54) is 0 Å². The smallest absolute Gasteiger partial charge is 0.410 e. The van der Waals surface area contributed by atoms with Crippen LogP contribution in [-0.4, -0.2) is 68.4 Å². The van der Waals surface area contributed by atoms with Crippen molar-refractivity contribution in [3.63, 3.8) is 0 Å². The van der Waals surface area contributed by atoms with Crippen molar-refractivity contribution in [1.82, 2.24) is 9.80 Å². The number of carbonyl (C=O) groups excluding carboxylic acids is 1. The molecule has 0 saturated carbocycles. The Morgan fingerprint density at radius 2 is 1.76 bits per heavy atom. The third kappa shape index (κ3) is 6.51. The molecule has 2 aliphatic heterocycles. The quantitative estimate of drug-likeness (QED) is 0.419. The Hall–Kier alpha value is -3.88. The Bertz CT molecular complexity index is 1180. The molecular weight excluding hydrogens is 482 g/mol. The van der Waals surface area contributed by atoms with E-state index in [2.05, 4.69) is 22.8 Å². The Morgan fingerprint density at radius 1 is 1.05 bits per heavy atom. The van der Waals surface area contributed by atoms with Crippen molar-refractivity contribution < 1.29 is 23.7 Å². The lowest BCUT2D eigenvalue weighted by atomic mass is 10.0. The van der Waals surface area contributed by atoms with Crippen LogP contribution in [0.1, 0.15) is 49.8 Å². The zero-order valence-electron chi connectivity index (χ0n) is 22.3. The van der Waals surface area contributed by atoms with Crippen molar-refractivity contribution in [3.8, 4) is 35.2 Å². The number of benzene rings is 2. The minimum Gasteiger partial charge on any atom is -0.493 e. The average molecular weight is 518 g/mol. The fraction of sp³-hybridized carbons (Fsp3) is 0.467. The minimum absolute atomic E-state index is 0.141. The zero-order chi connectivity index (χ0) is 26.9. The van der Waals surface area contributed by atoms with Crippen molar-refractivity contribution in [2.45, 2.75) is 50.8 Å². The predicted molar refractivity (Wildman–Crippen MR) is 143 cm³/mol. The zero-order valence-corrected chi connectivity index (χ0v) is 22.3. The molecule has 0 aromatic heterocycles. The Kier molecular flexibility index (Phi) is 9.35. The topological polar surface area (TPSA) is 84.3 Å². The number of methoxy groups -OCH3 is 2. The summed E-state index contributed by atoms with van der Waals surface area (Å²) in [7, 11) is 3.21. The average Bonchev–Trinajstić information content (AvgIpc) is 3.18. The van der Waals surface area contributed by atoms with E-state index < -0.39 is 0 Å². The van der Waals surface area contributed by atoms with Gasteiger partial charge in [0.25, 0.3) is 0 Å². The Labute approximate surface area is 225 Å². The molecule has 2 aromatic rings. The fourth-order valence-electron chi connectivity index (χ4n) is 5.35. The summed E-state index contributed by atoms with van der Waals surface area (Å²) >= 11 is 0. The van der Waals surface area contributed by atoms with E-state index in [0.717, 1.165) is 37.8 Å². The van der Waals surface area contributed by atoms with E-state index in [-0.39, 0.29) is 18.8 Å². The van der Waals surface area contributed by atoms with E-state index >= 15 is 0 Å². The number of ether oxygens (including phenoxy) is 4. The number of nitrogens with zero attached hydrogens (tertiary/aromatic N) is 3. The van der Waals surface area contributed by atoms with Crippen molar-refractivity contribution in [3.05, 3.63) is 53.6 Å². The lowest BCUT2D eigenvalue weighted by Gasteiger charge is -2.40. The summed E-state index contributed by atoms with van der Waals surface area (Å²) in [6.45, 7) is 4.19. The lowest BCUT2D eigenvalue weighted by molar-refractivity contribution is 0.0480. The number of likely N-dealkylation sites (tertiary alicyclic amines) is 1. The molecule has 2 bridgehead atoms. The molecule has 2 aromatic carbocycles. The monoisotopic (exact) mass is 517 g/mol. The second-order valence-corrected chi connectivity index (χ2v) is 9.51. The maximum absolute atomic E-state index is 12.4. The van der Waals surface area contributed by atoms with E-state index in [0.29, 0.717) is 48.0 Å². The predicted octanol–water partition coefficient (Wildman–Crippen LogP) is 4.78. The second-order valence-electron chi connectivity index (χ2n) is 9.51. The summed E-state index contributed by atoms with van der Waals surface area (Å²) in [5.41, 5.74) is 1.64. The third-order valence-electron chi connectivity index (χ3n) is 7.26. The van der Waals surface area contributed by atoms with E-state index in [4.69, 9.17) is 18.9 Å². The molecule has 2 heterocycles. The summed E-state index contributed by atoms with van der Waals surface area (Å²) in [6.07, 6.45) is 3.46. The van der Waals surface area contributed by atoms with Gasteiger partial charge in [0.05, 0.1) is 25.9 Å². The van der Waals surface area contributed by atoms with Gasteiger partial charge in [-0.3, -0.25) is 4.90 Å². The van der Waals surface area contributed by atoms with Crippen LogP contribution in [0.25, 0.3) is 0 Å². The van der Waals surface area contributed by atoms with Gasteiger partial charge in [0.15, 0.2) is 18.1 Å². The largest absolute Gasteiger partial charge is 0.493 e. The van der Waals surface area contributed by atoms with Crippen LogP contribution in [-0.2, 0) is 4.74 Å². The molecule has 8 heteroatoms. The van der Waals surface area contributed by atoms with Gasteiger partial charge in [0, 0.05) is 31.2 Å². The number of nitriles is 1. The van der Waals surface area contributed by atoms with Crippen molar-refractivity contribution in [1.29, 1.82) is 5.26 Å². The van der Waals surface area contributed by atoms with Gasteiger partial charge in [-0.1, -0.05) is 18.1 Å². The molecule has 2 aliphatic rings. The summed E-state index contributed by atoms with van der Waals surface area (Å²) in [5.74, 6) is 7.48. The minimum atomic E-state index is -0.270. The molecule has 2 fully saturated rings. The second kappa shape index (κ2) is 13.1. The summed E-state index contributed by atoms with van der Waals surface area (Å²) in [5, 5.41) is 9.21. The lowest BCUT2D eigenvalue weighted by Crippen LogP contribution is -2.55. The maximum atomic E-state index is 12.4. The maximum Gasteiger partial charge on any atom is 0.410 e. The normalized spacial score (nSPS) is 19.1. The first-order valence-corrected chi connectivity index (χ1v) is 13.0. The molecule has 38 heavy (non-hydrogen) atoms. The molecule has 8 nitrogen and oxygen atoms in total. The first-order valence-electron chi connectivity index (χ1n) is 13.0. The molecule has 0 radical (unpaired) electrons. The number of hydrogen-bond donors (Lipinski definition) is 0.